The summed E-state index contributed by atoms with van der Waals surface area (Å²) >= 11 is 0. The number of carboxylic acid groups (broad SMARTS) is 1. The zero-order valence-corrected chi connectivity index (χ0v) is 22.6. The number of imide groups is 1. The summed E-state index contributed by atoms with van der Waals surface area (Å²) in [6.07, 6.45) is 3.53. The molecule has 4 atom stereocenters. The van der Waals surface area contributed by atoms with Crippen LogP contribution in [-0.4, -0.2) is 57.9 Å². The highest BCUT2D eigenvalue weighted by Gasteiger charge is 2.57. The number of hydrogen-bond donors (Lipinski definition) is 3. The third kappa shape index (κ3) is 4.09. The van der Waals surface area contributed by atoms with Crippen LogP contribution in [0.5, 0.6) is 11.5 Å². The number of aromatic carboxylic acids is 1. The maximum absolute atomic E-state index is 14.0. The van der Waals surface area contributed by atoms with Crippen molar-refractivity contribution in [3.05, 3.63) is 88.0 Å². The number of aromatic hydroxyl groups is 1. The van der Waals surface area contributed by atoms with E-state index in [1.54, 1.807) is 31.2 Å². The minimum absolute atomic E-state index is 0.0180. The van der Waals surface area contributed by atoms with E-state index in [0.717, 1.165) is 22.6 Å². The van der Waals surface area contributed by atoms with Crippen LogP contribution in [0.15, 0.2) is 76.9 Å². The molecule has 4 aliphatic rings. The summed E-state index contributed by atoms with van der Waals surface area (Å²) in [5, 5.41) is 28.9. The van der Waals surface area contributed by atoms with E-state index in [0.29, 0.717) is 28.0 Å². The number of carboxylic acids is 1. The van der Waals surface area contributed by atoms with Gasteiger partial charge < -0.3 is 20.1 Å². The minimum Gasteiger partial charge on any atom is -0.507 e. The summed E-state index contributed by atoms with van der Waals surface area (Å²) in [7, 11) is 0. The van der Waals surface area contributed by atoms with Crippen LogP contribution in [0, 0.1) is 17.8 Å². The van der Waals surface area contributed by atoms with Crippen LogP contribution in [0.4, 0.5) is 5.69 Å². The van der Waals surface area contributed by atoms with Crippen molar-refractivity contribution in [3.63, 3.8) is 0 Å². The smallest absolute Gasteiger partial charge is 0.339 e. The minimum atomic E-state index is -1.35. The molecule has 3 aliphatic carbocycles. The number of para-hydroxylation sites is 1. The predicted molar refractivity (Wildman–Crippen MR) is 148 cm³/mol. The fourth-order valence-corrected chi connectivity index (χ4v) is 6.84. The second-order valence-corrected chi connectivity index (χ2v) is 10.9. The van der Waals surface area contributed by atoms with Gasteiger partial charge in [-0.15, -0.1) is 0 Å². The lowest BCUT2D eigenvalue weighted by molar-refractivity contribution is -0.123. The lowest BCUT2D eigenvalue weighted by Gasteiger charge is -2.42. The molecular weight excluding hydrogens is 542 g/mol. The molecule has 1 fully saturated rings. The second kappa shape index (κ2) is 10.2. The number of carbonyl (C=O) groups is 5. The molecule has 0 radical (unpaired) electrons. The van der Waals surface area contributed by atoms with Gasteiger partial charge in [0.25, 0.3) is 0 Å². The van der Waals surface area contributed by atoms with Gasteiger partial charge in [0.05, 0.1) is 24.1 Å². The van der Waals surface area contributed by atoms with Crippen molar-refractivity contribution in [1.29, 1.82) is 0 Å². The summed E-state index contributed by atoms with van der Waals surface area (Å²) < 4.78 is 5.81. The van der Waals surface area contributed by atoms with Gasteiger partial charge in [-0.1, -0.05) is 29.8 Å². The number of nitrogens with zero attached hydrogens (tertiary/aromatic N) is 1. The van der Waals surface area contributed by atoms with Crippen molar-refractivity contribution >= 4 is 35.0 Å². The number of carbonyl (C=O) groups excluding carboxylic acids is 4. The van der Waals surface area contributed by atoms with Gasteiger partial charge in [0, 0.05) is 34.3 Å². The molecule has 1 aliphatic heterocycles. The Hall–Kier alpha value is -4.83. The first-order valence-corrected chi connectivity index (χ1v) is 13.6. The lowest BCUT2D eigenvalue weighted by atomic mass is 9.59. The first-order chi connectivity index (χ1) is 20.1. The highest BCUT2D eigenvalue weighted by Crippen LogP contribution is 2.56. The third-order valence-electron chi connectivity index (χ3n) is 8.61. The van der Waals surface area contributed by atoms with Crippen LogP contribution in [0.1, 0.15) is 41.6 Å². The van der Waals surface area contributed by atoms with Crippen molar-refractivity contribution in [2.45, 2.75) is 25.7 Å². The average molecular weight is 570 g/mol. The molecule has 10 nitrogen and oxygen atoms in total. The standard InChI is InChI=1S/C32H27NO9/c1-15-12-24(36)28-22(29(15)37)14-21-17(26(28)19-4-2-3-5-25(19)42-11-10-34)8-9-20-27(21)31(39)33(30(20)38)16-6-7-18(32(40)41)23(35)13-16/h2-8,12-13,20-21,26-27,34-35H,9-11,14H2,1H3,(H,40,41)/t20-,21+,26+,27-/m0/s1. The van der Waals surface area contributed by atoms with Crippen LogP contribution in [0.2, 0.25) is 0 Å². The molecule has 10 heteroatoms. The maximum Gasteiger partial charge on any atom is 0.339 e. The second-order valence-electron chi connectivity index (χ2n) is 10.9. The van der Waals surface area contributed by atoms with Gasteiger partial charge in [-0.2, -0.15) is 0 Å². The van der Waals surface area contributed by atoms with Gasteiger partial charge in [0.15, 0.2) is 11.6 Å². The molecule has 0 bridgehead atoms. The van der Waals surface area contributed by atoms with E-state index in [1.807, 2.05) is 6.08 Å². The Morgan fingerprint density at radius 2 is 1.81 bits per heavy atom. The fraction of sp³-hybridized carbons (Fsp3) is 0.281. The normalized spacial score (nSPS) is 25.0. The molecule has 0 unspecified atom stereocenters. The first kappa shape index (κ1) is 27.3. The Labute approximate surface area is 240 Å². The zero-order valence-electron chi connectivity index (χ0n) is 22.6. The fourth-order valence-electron chi connectivity index (χ4n) is 6.84. The van der Waals surface area contributed by atoms with Crippen LogP contribution in [-0.2, 0) is 19.2 Å². The summed E-state index contributed by atoms with van der Waals surface area (Å²) in [6, 6.07) is 10.6. The number of allylic oxidation sites excluding steroid dienone is 6. The van der Waals surface area contributed by atoms with E-state index in [-0.39, 0.29) is 48.9 Å². The number of aliphatic hydroxyl groups excluding tert-OH is 1. The van der Waals surface area contributed by atoms with Crippen LogP contribution >= 0.6 is 0 Å². The topological polar surface area (TPSA) is 159 Å². The van der Waals surface area contributed by atoms with Crippen LogP contribution in [0.3, 0.4) is 0 Å². The van der Waals surface area contributed by atoms with Crippen molar-refractivity contribution in [2.75, 3.05) is 18.1 Å². The van der Waals surface area contributed by atoms with E-state index in [4.69, 9.17) is 4.74 Å². The number of amides is 2. The number of rotatable bonds is 6. The van der Waals surface area contributed by atoms with Gasteiger partial charge in [0.1, 0.15) is 23.7 Å². The Bertz CT molecular complexity index is 1680. The van der Waals surface area contributed by atoms with Crippen molar-refractivity contribution in [1.82, 2.24) is 0 Å². The molecule has 0 aromatic heterocycles. The molecule has 42 heavy (non-hydrogen) atoms. The van der Waals surface area contributed by atoms with Gasteiger partial charge in [0.2, 0.25) is 11.8 Å². The first-order valence-electron chi connectivity index (χ1n) is 13.6. The molecule has 2 aromatic rings. The molecule has 0 saturated carbocycles. The number of aliphatic hydroxyl groups is 1. The number of benzene rings is 2. The SMILES string of the molecule is CC1=CC(=O)C2=C(C[C@@H]3C(=CC[C@@H]4C(=O)N(c5ccc(C(=O)O)c(O)c5)C(=O)[C@@H]43)[C@@H]2c2ccccc2OCCO)C1=O. The molecule has 6 rings (SSSR count). The summed E-state index contributed by atoms with van der Waals surface area (Å²) in [5.41, 5.74) is 2.00. The van der Waals surface area contributed by atoms with E-state index >= 15 is 0 Å². The van der Waals surface area contributed by atoms with Gasteiger partial charge >= 0.3 is 5.97 Å². The van der Waals surface area contributed by atoms with Crippen molar-refractivity contribution in [2.24, 2.45) is 17.8 Å². The largest absolute Gasteiger partial charge is 0.507 e. The number of fused-ring (bicyclic) bond motifs is 3. The monoisotopic (exact) mass is 569 g/mol. The zero-order chi connectivity index (χ0) is 29.9. The van der Waals surface area contributed by atoms with Crippen molar-refractivity contribution in [3.8, 4) is 11.5 Å². The molecule has 0 spiro atoms. The number of Topliss-reactive ketones (excluding diaryl/α,β-unsaturated/α-hetero) is 1. The Balaban J connectivity index is 1.46. The summed E-state index contributed by atoms with van der Waals surface area (Å²) in [6.45, 7) is 1.37. The van der Waals surface area contributed by atoms with Gasteiger partial charge in [-0.3, -0.25) is 19.2 Å². The molecule has 1 heterocycles. The van der Waals surface area contributed by atoms with Crippen LogP contribution < -0.4 is 9.64 Å². The quantitative estimate of drug-likeness (QED) is 0.270. The molecule has 2 amide bonds. The Kier molecular flexibility index (Phi) is 6.65. The highest BCUT2D eigenvalue weighted by molar-refractivity contribution is 6.25. The number of ether oxygens (including phenoxy) is 1. The van der Waals surface area contributed by atoms with E-state index in [2.05, 4.69) is 0 Å². The molecule has 3 N–H and O–H groups in total. The third-order valence-corrected chi connectivity index (χ3v) is 8.61. The predicted octanol–water partition coefficient (Wildman–Crippen LogP) is 3.10. The van der Waals surface area contributed by atoms with Crippen LogP contribution in [0.25, 0.3) is 0 Å². The Morgan fingerprint density at radius 3 is 2.52 bits per heavy atom. The molecular formula is C32H27NO9. The van der Waals surface area contributed by atoms with Crippen molar-refractivity contribution < 1.29 is 44.0 Å². The average Bonchev–Trinajstić information content (AvgIpc) is 3.23. The molecule has 1 saturated heterocycles. The van der Waals surface area contributed by atoms with Gasteiger partial charge in [-0.25, -0.2) is 9.69 Å². The number of anilines is 1. The maximum atomic E-state index is 14.0. The summed E-state index contributed by atoms with van der Waals surface area (Å²) in [4.78, 5) is 66.9. The highest BCUT2D eigenvalue weighted by atomic mass is 16.5. The molecule has 214 valence electrons. The van der Waals surface area contributed by atoms with Gasteiger partial charge in [-0.05, 0) is 50.0 Å². The van der Waals surface area contributed by atoms with E-state index < -0.39 is 47.2 Å². The number of ketones is 2. The van der Waals surface area contributed by atoms with E-state index in [9.17, 15) is 39.3 Å². The Morgan fingerprint density at radius 1 is 1.05 bits per heavy atom. The lowest BCUT2D eigenvalue weighted by Crippen LogP contribution is -2.40. The number of hydrogen-bond acceptors (Lipinski definition) is 8. The summed E-state index contributed by atoms with van der Waals surface area (Å²) in [5.74, 6) is -5.92. The molecule has 2 aromatic carbocycles. The van der Waals surface area contributed by atoms with E-state index in [1.165, 1.54) is 12.1 Å². The number of phenols is 1.